The van der Waals surface area contributed by atoms with E-state index in [1.54, 1.807) is 0 Å². The van der Waals surface area contributed by atoms with E-state index in [2.05, 4.69) is 17.2 Å². The van der Waals surface area contributed by atoms with E-state index in [1.807, 2.05) is 25.1 Å². The van der Waals surface area contributed by atoms with Crippen molar-refractivity contribution < 1.29 is 9.53 Å². The molecular weight excluding hydrogens is 252 g/mol. The average Bonchev–Trinajstić information content (AvgIpc) is 2.97. The van der Waals surface area contributed by atoms with Crippen molar-refractivity contribution in [3.05, 3.63) is 34.9 Å². The number of ether oxygens (including phenoxy) is 1. The standard InChI is InChI=1S/C16H20N2O2/c1-12-6-7-13(4-2-8-17)10-15(12)16(19)18-11-14-5-3-9-20-14/h6-7,10,14H,3,5,8-9,11,17H2,1H3,(H,18,19). The summed E-state index contributed by atoms with van der Waals surface area (Å²) >= 11 is 0. The van der Waals surface area contributed by atoms with Crippen LogP contribution in [0, 0.1) is 18.8 Å². The Kier molecular flexibility index (Phi) is 5.16. The van der Waals surface area contributed by atoms with Crippen LogP contribution in [0.5, 0.6) is 0 Å². The second kappa shape index (κ2) is 7.09. The predicted molar refractivity (Wildman–Crippen MR) is 78.4 cm³/mol. The van der Waals surface area contributed by atoms with Crippen LogP contribution in [-0.4, -0.2) is 31.7 Å². The van der Waals surface area contributed by atoms with Crippen molar-refractivity contribution in [2.24, 2.45) is 5.73 Å². The van der Waals surface area contributed by atoms with Gasteiger partial charge in [-0.2, -0.15) is 0 Å². The molecular formula is C16H20N2O2. The lowest BCUT2D eigenvalue weighted by atomic mass is 10.0. The topological polar surface area (TPSA) is 64.4 Å². The number of carbonyl (C=O) groups excluding carboxylic acids is 1. The molecule has 1 aromatic rings. The highest BCUT2D eigenvalue weighted by molar-refractivity contribution is 5.96. The van der Waals surface area contributed by atoms with Gasteiger partial charge in [-0.05, 0) is 37.5 Å². The minimum atomic E-state index is -0.0746. The van der Waals surface area contributed by atoms with Crippen molar-refractivity contribution in [3.8, 4) is 11.8 Å². The zero-order valence-electron chi connectivity index (χ0n) is 11.7. The maximum Gasteiger partial charge on any atom is 0.251 e. The van der Waals surface area contributed by atoms with Gasteiger partial charge in [-0.3, -0.25) is 4.79 Å². The van der Waals surface area contributed by atoms with Gasteiger partial charge in [0.05, 0.1) is 12.6 Å². The molecule has 1 aliphatic heterocycles. The van der Waals surface area contributed by atoms with Crippen molar-refractivity contribution in [2.45, 2.75) is 25.9 Å². The number of benzene rings is 1. The summed E-state index contributed by atoms with van der Waals surface area (Å²) in [4.78, 5) is 12.2. The monoisotopic (exact) mass is 272 g/mol. The SMILES string of the molecule is Cc1ccc(C#CCN)cc1C(=O)NCC1CCCO1. The first-order valence-corrected chi connectivity index (χ1v) is 6.90. The predicted octanol–water partition coefficient (Wildman–Crippen LogP) is 1.21. The zero-order chi connectivity index (χ0) is 14.4. The lowest BCUT2D eigenvalue weighted by molar-refractivity contribution is 0.0857. The number of rotatable bonds is 3. The van der Waals surface area contributed by atoms with Gasteiger partial charge in [0.25, 0.3) is 5.91 Å². The summed E-state index contributed by atoms with van der Waals surface area (Å²) in [5, 5.41) is 2.93. The van der Waals surface area contributed by atoms with Crippen LogP contribution in [0.4, 0.5) is 0 Å². The van der Waals surface area contributed by atoms with E-state index < -0.39 is 0 Å². The van der Waals surface area contributed by atoms with Crippen molar-refractivity contribution >= 4 is 5.91 Å². The van der Waals surface area contributed by atoms with Gasteiger partial charge in [-0.15, -0.1) is 0 Å². The molecule has 106 valence electrons. The Morgan fingerprint density at radius 3 is 3.10 bits per heavy atom. The third-order valence-electron chi connectivity index (χ3n) is 3.33. The first-order valence-electron chi connectivity index (χ1n) is 6.90. The molecule has 2 rings (SSSR count). The smallest absolute Gasteiger partial charge is 0.251 e. The Morgan fingerprint density at radius 2 is 2.40 bits per heavy atom. The molecule has 0 aliphatic carbocycles. The highest BCUT2D eigenvalue weighted by Gasteiger charge is 2.17. The van der Waals surface area contributed by atoms with Crippen molar-refractivity contribution in [1.29, 1.82) is 0 Å². The quantitative estimate of drug-likeness (QED) is 0.813. The first-order chi connectivity index (χ1) is 9.70. The number of nitrogens with two attached hydrogens (primary N) is 1. The Hall–Kier alpha value is -1.83. The lowest BCUT2D eigenvalue weighted by Gasteiger charge is -2.12. The number of nitrogens with one attached hydrogen (secondary N) is 1. The molecule has 1 aliphatic rings. The fraction of sp³-hybridized carbons (Fsp3) is 0.438. The summed E-state index contributed by atoms with van der Waals surface area (Å²) in [6.45, 7) is 3.59. The minimum Gasteiger partial charge on any atom is -0.376 e. The second-order valence-corrected chi connectivity index (χ2v) is 4.88. The highest BCUT2D eigenvalue weighted by atomic mass is 16.5. The summed E-state index contributed by atoms with van der Waals surface area (Å²) in [5.41, 5.74) is 7.76. The molecule has 20 heavy (non-hydrogen) atoms. The van der Waals surface area contributed by atoms with Crippen molar-refractivity contribution in [2.75, 3.05) is 19.7 Å². The van der Waals surface area contributed by atoms with Gasteiger partial charge in [-0.1, -0.05) is 17.9 Å². The third-order valence-corrected chi connectivity index (χ3v) is 3.33. The highest BCUT2D eigenvalue weighted by Crippen LogP contribution is 2.13. The number of carbonyl (C=O) groups is 1. The molecule has 1 saturated heterocycles. The zero-order valence-corrected chi connectivity index (χ0v) is 11.7. The molecule has 1 atom stereocenters. The van der Waals surface area contributed by atoms with Crippen LogP contribution in [0.3, 0.4) is 0 Å². The van der Waals surface area contributed by atoms with Crippen LogP contribution in [0.2, 0.25) is 0 Å². The van der Waals surface area contributed by atoms with E-state index in [9.17, 15) is 4.79 Å². The van der Waals surface area contributed by atoms with Gasteiger partial charge in [0.1, 0.15) is 0 Å². The van der Waals surface area contributed by atoms with Crippen molar-refractivity contribution in [1.82, 2.24) is 5.32 Å². The first kappa shape index (κ1) is 14.6. The molecule has 0 saturated carbocycles. The summed E-state index contributed by atoms with van der Waals surface area (Å²) in [5.74, 6) is 5.66. The number of aryl methyl sites for hydroxylation is 1. The summed E-state index contributed by atoms with van der Waals surface area (Å²) in [6, 6.07) is 5.61. The lowest BCUT2D eigenvalue weighted by Crippen LogP contribution is -2.32. The van der Waals surface area contributed by atoms with E-state index in [0.717, 1.165) is 30.6 Å². The second-order valence-electron chi connectivity index (χ2n) is 4.88. The molecule has 0 bridgehead atoms. The van der Waals surface area contributed by atoms with Crippen LogP contribution >= 0.6 is 0 Å². The molecule has 1 aromatic carbocycles. The maximum atomic E-state index is 12.2. The molecule has 1 fully saturated rings. The number of hydrogen-bond donors (Lipinski definition) is 2. The normalized spacial score (nSPS) is 17.4. The van der Waals surface area contributed by atoms with Gasteiger partial charge >= 0.3 is 0 Å². The Morgan fingerprint density at radius 1 is 1.55 bits per heavy atom. The summed E-state index contributed by atoms with van der Waals surface area (Å²) < 4.78 is 5.50. The van der Waals surface area contributed by atoms with Gasteiger partial charge < -0.3 is 15.8 Å². The molecule has 1 amide bonds. The molecule has 1 unspecified atom stereocenters. The van der Waals surface area contributed by atoms with E-state index >= 15 is 0 Å². The molecule has 0 radical (unpaired) electrons. The molecule has 0 spiro atoms. The third kappa shape index (κ3) is 3.83. The fourth-order valence-electron chi connectivity index (χ4n) is 2.20. The number of hydrogen-bond acceptors (Lipinski definition) is 3. The summed E-state index contributed by atoms with van der Waals surface area (Å²) in [6.07, 6.45) is 2.24. The van der Waals surface area contributed by atoms with E-state index in [1.165, 1.54) is 0 Å². The minimum absolute atomic E-state index is 0.0746. The number of amides is 1. The van der Waals surface area contributed by atoms with Crippen molar-refractivity contribution in [3.63, 3.8) is 0 Å². The molecule has 1 heterocycles. The Labute approximate surface area is 119 Å². The largest absolute Gasteiger partial charge is 0.376 e. The molecule has 4 heteroatoms. The van der Waals surface area contributed by atoms with Crippen LogP contribution in [0.25, 0.3) is 0 Å². The van der Waals surface area contributed by atoms with Gasteiger partial charge in [-0.25, -0.2) is 0 Å². The van der Waals surface area contributed by atoms with Gasteiger partial charge in [0.15, 0.2) is 0 Å². The Bertz CT molecular complexity index is 537. The van der Waals surface area contributed by atoms with E-state index in [0.29, 0.717) is 18.7 Å². The van der Waals surface area contributed by atoms with Crippen LogP contribution < -0.4 is 11.1 Å². The molecule has 4 nitrogen and oxygen atoms in total. The summed E-state index contributed by atoms with van der Waals surface area (Å²) in [7, 11) is 0. The van der Waals surface area contributed by atoms with E-state index in [-0.39, 0.29) is 12.0 Å². The van der Waals surface area contributed by atoms with E-state index in [4.69, 9.17) is 10.5 Å². The van der Waals surface area contributed by atoms with Crippen LogP contribution in [0.15, 0.2) is 18.2 Å². The average molecular weight is 272 g/mol. The van der Waals surface area contributed by atoms with Crippen LogP contribution in [0.1, 0.15) is 34.3 Å². The molecule has 0 aromatic heterocycles. The van der Waals surface area contributed by atoms with Gasteiger partial charge in [0.2, 0.25) is 0 Å². The Balaban J connectivity index is 2.03. The van der Waals surface area contributed by atoms with Gasteiger partial charge in [0, 0.05) is 24.3 Å². The fourth-order valence-corrected chi connectivity index (χ4v) is 2.20. The van der Waals surface area contributed by atoms with Crippen LogP contribution in [-0.2, 0) is 4.74 Å². The maximum absolute atomic E-state index is 12.2. The molecule has 3 N–H and O–H groups in total.